The smallest absolute Gasteiger partial charge is 0.0991 e. The van der Waals surface area contributed by atoms with E-state index in [-0.39, 0.29) is 6.42 Å². The van der Waals surface area contributed by atoms with Gasteiger partial charge in [0, 0.05) is 50.3 Å². The van der Waals surface area contributed by atoms with Crippen molar-refractivity contribution in [1.29, 1.82) is 15.8 Å². The van der Waals surface area contributed by atoms with Crippen LogP contribution in [0.5, 0.6) is 0 Å². The van der Waals surface area contributed by atoms with Gasteiger partial charge in [0.1, 0.15) is 0 Å². The molecule has 5 heteroatoms. The normalized spacial score (nSPS) is 14.0. The molecular formula is C46H35N5. The Hall–Kier alpha value is -6.61. The molecule has 0 atom stereocenters. The highest BCUT2D eigenvalue weighted by atomic mass is 15.0. The Labute approximate surface area is 298 Å². The van der Waals surface area contributed by atoms with Crippen LogP contribution in [-0.4, -0.2) is 9.13 Å². The molecule has 0 radical (unpaired) electrons. The number of fused-ring (bicyclic) bond motifs is 6. The number of benzene rings is 4. The number of nitrogens with zero attached hydrogens (tertiary/aromatic N) is 5. The first-order chi connectivity index (χ1) is 25.1. The molecule has 0 saturated heterocycles. The number of allylic oxidation sites excluding steroid dienone is 6. The van der Waals surface area contributed by atoms with Crippen LogP contribution < -0.4 is 0 Å². The minimum absolute atomic E-state index is 0.0317. The Morgan fingerprint density at radius 3 is 2.41 bits per heavy atom. The third-order valence-electron chi connectivity index (χ3n) is 10.2. The maximum atomic E-state index is 10.1. The molecule has 2 heterocycles. The molecule has 51 heavy (non-hydrogen) atoms. The first-order valence-electron chi connectivity index (χ1n) is 17.6. The fourth-order valence-corrected chi connectivity index (χ4v) is 7.92. The third kappa shape index (κ3) is 5.49. The Bertz CT molecular complexity index is 2610. The average Bonchev–Trinajstić information content (AvgIpc) is 3.70. The van der Waals surface area contributed by atoms with Crippen LogP contribution in [0.25, 0.3) is 62.0 Å². The predicted octanol–water partition coefficient (Wildman–Crippen LogP) is 11.2. The molecule has 0 amide bonds. The Morgan fingerprint density at radius 2 is 1.61 bits per heavy atom. The molecule has 5 nitrogen and oxygen atoms in total. The van der Waals surface area contributed by atoms with Gasteiger partial charge in [0.2, 0.25) is 0 Å². The monoisotopic (exact) mass is 657 g/mol. The molecule has 0 unspecified atom stereocenters. The lowest BCUT2D eigenvalue weighted by Crippen LogP contribution is -2.06. The zero-order valence-electron chi connectivity index (χ0n) is 28.5. The Balaban J connectivity index is 1.28. The summed E-state index contributed by atoms with van der Waals surface area (Å²) in [5.74, 6) is 0. The van der Waals surface area contributed by atoms with Crippen molar-refractivity contribution in [3.63, 3.8) is 0 Å². The molecule has 0 aliphatic heterocycles. The van der Waals surface area contributed by atoms with E-state index in [9.17, 15) is 15.8 Å². The third-order valence-corrected chi connectivity index (χ3v) is 10.2. The van der Waals surface area contributed by atoms with Gasteiger partial charge < -0.3 is 9.13 Å². The highest BCUT2D eigenvalue weighted by Crippen LogP contribution is 2.39. The van der Waals surface area contributed by atoms with E-state index in [0.29, 0.717) is 17.6 Å². The van der Waals surface area contributed by atoms with Crippen LogP contribution in [0.3, 0.4) is 0 Å². The van der Waals surface area contributed by atoms with E-state index in [1.165, 1.54) is 27.9 Å². The summed E-state index contributed by atoms with van der Waals surface area (Å²) in [5, 5.41) is 31.7. The first kappa shape index (κ1) is 31.6. The van der Waals surface area contributed by atoms with E-state index < -0.39 is 0 Å². The topological polar surface area (TPSA) is 81.2 Å². The van der Waals surface area contributed by atoms with E-state index in [0.717, 1.165) is 75.8 Å². The van der Waals surface area contributed by atoms with Crippen molar-refractivity contribution in [2.24, 2.45) is 0 Å². The molecule has 0 saturated carbocycles. The number of hydrogen-bond acceptors (Lipinski definition) is 3. The van der Waals surface area contributed by atoms with Crippen LogP contribution in [0.15, 0.2) is 115 Å². The molecule has 2 aliphatic rings. The van der Waals surface area contributed by atoms with Crippen molar-refractivity contribution in [3.8, 4) is 35.0 Å². The van der Waals surface area contributed by atoms with E-state index in [4.69, 9.17) is 0 Å². The molecule has 6 aromatic rings. The van der Waals surface area contributed by atoms with Gasteiger partial charge in [-0.25, -0.2) is 0 Å². The minimum Gasteiger partial charge on any atom is -0.316 e. The van der Waals surface area contributed by atoms with Crippen molar-refractivity contribution >= 4 is 45.2 Å². The van der Waals surface area contributed by atoms with Crippen LogP contribution >= 0.6 is 0 Å². The largest absolute Gasteiger partial charge is 0.316 e. The summed E-state index contributed by atoms with van der Waals surface area (Å²) in [6.07, 6.45) is 15.4. The lowest BCUT2D eigenvalue weighted by molar-refractivity contribution is 0.881. The standard InChI is InChI=1S/C46H35N5/c1-2-42(51-45-17-8-5-14-39(45)41-27-31(29-48)18-23-46(41)51)40(26-32(30-49)24-25-47)35-11-9-10-34(28-35)33-19-21-36(22-20-33)50-43-15-6-3-12-37(43)38-13-4-7-16-44(38)50/h3,5-7,9-12,14-16,18-23,26-28H,2,4,8,13,17,24H2,1H3/b32-26+,42-40-. The molecule has 0 N–H and O–H groups in total. The molecule has 0 spiro atoms. The summed E-state index contributed by atoms with van der Waals surface area (Å²) >= 11 is 0. The zero-order valence-corrected chi connectivity index (χ0v) is 28.5. The summed E-state index contributed by atoms with van der Waals surface area (Å²) in [6.45, 7) is 2.14. The van der Waals surface area contributed by atoms with Gasteiger partial charge in [0.15, 0.2) is 0 Å². The summed E-state index contributed by atoms with van der Waals surface area (Å²) in [4.78, 5) is 0. The maximum absolute atomic E-state index is 10.1. The van der Waals surface area contributed by atoms with Crippen LogP contribution in [0.1, 0.15) is 66.2 Å². The second-order valence-electron chi connectivity index (χ2n) is 13.1. The van der Waals surface area contributed by atoms with Gasteiger partial charge in [-0.2, -0.15) is 15.8 Å². The maximum Gasteiger partial charge on any atom is 0.0991 e. The molecule has 2 aliphatic carbocycles. The molecule has 0 bridgehead atoms. The summed E-state index contributed by atoms with van der Waals surface area (Å²) < 4.78 is 4.70. The number of para-hydroxylation sites is 1. The lowest BCUT2D eigenvalue weighted by atomic mass is 9.94. The number of aromatic nitrogens is 2. The van der Waals surface area contributed by atoms with Crippen LogP contribution in [0, 0.1) is 34.0 Å². The first-order valence-corrected chi connectivity index (χ1v) is 17.6. The van der Waals surface area contributed by atoms with Crippen LogP contribution in [0.2, 0.25) is 0 Å². The fraction of sp³-hybridized carbons (Fsp3) is 0.152. The average molecular weight is 658 g/mol. The number of nitriles is 3. The molecule has 0 fully saturated rings. The second-order valence-corrected chi connectivity index (χ2v) is 13.1. The summed E-state index contributed by atoms with van der Waals surface area (Å²) in [6, 6.07) is 38.6. The molecule has 8 rings (SSSR count). The van der Waals surface area contributed by atoms with Gasteiger partial charge in [0.05, 0.1) is 41.2 Å². The van der Waals surface area contributed by atoms with Gasteiger partial charge in [-0.05, 0) is 109 Å². The highest BCUT2D eigenvalue weighted by Gasteiger charge is 2.23. The second kappa shape index (κ2) is 13.4. The number of aryl methyl sites for hydroxylation is 1. The van der Waals surface area contributed by atoms with Crippen molar-refractivity contribution < 1.29 is 0 Å². The fourth-order valence-electron chi connectivity index (χ4n) is 7.92. The molecule has 4 aromatic carbocycles. The SMILES string of the molecule is CC/C(=C(\C=C(\C#N)CC#N)c1cccc(-c2ccc(-n3c4c(c5ccccc53)CCC=C4)cc2)c1)n1c2c(c3cc(C#N)ccc31)C=CCC2. The zero-order chi connectivity index (χ0) is 34.9. The van der Waals surface area contributed by atoms with Gasteiger partial charge in [0.25, 0.3) is 0 Å². The Morgan fingerprint density at radius 1 is 0.784 bits per heavy atom. The van der Waals surface area contributed by atoms with Crippen LogP contribution in [-0.2, 0) is 12.8 Å². The van der Waals surface area contributed by atoms with E-state index in [1.807, 2.05) is 24.3 Å². The van der Waals surface area contributed by atoms with Gasteiger partial charge >= 0.3 is 0 Å². The minimum atomic E-state index is 0.0317. The summed E-state index contributed by atoms with van der Waals surface area (Å²) in [7, 11) is 0. The summed E-state index contributed by atoms with van der Waals surface area (Å²) in [5.41, 5.74) is 14.6. The highest BCUT2D eigenvalue weighted by molar-refractivity contribution is 6.00. The number of rotatable bonds is 7. The van der Waals surface area contributed by atoms with Crippen LogP contribution in [0.4, 0.5) is 0 Å². The molecule has 244 valence electrons. The van der Waals surface area contributed by atoms with E-state index >= 15 is 0 Å². The van der Waals surface area contributed by atoms with Crippen molar-refractivity contribution in [2.45, 2.75) is 45.4 Å². The Kier molecular flexibility index (Phi) is 8.29. The van der Waals surface area contributed by atoms with E-state index in [1.54, 1.807) is 0 Å². The van der Waals surface area contributed by atoms with Gasteiger partial charge in [-0.1, -0.05) is 73.7 Å². The van der Waals surface area contributed by atoms with E-state index in [2.05, 4.69) is 131 Å². The van der Waals surface area contributed by atoms with Crippen molar-refractivity contribution in [1.82, 2.24) is 9.13 Å². The van der Waals surface area contributed by atoms with Gasteiger partial charge in [-0.3, -0.25) is 0 Å². The lowest BCUT2D eigenvalue weighted by Gasteiger charge is -2.20. The quantitative estimate of drug-likeness (QED) is 0.127. The van der Waals surface area contributed by atoms with Gasteiger partial charge in [-0.15, -0.1) is 0 Å². The molecular weight excluding hydrogens is 623 g/mol. The molecule has 2 aromatic heterocycles. The van der Waals surface area contributed by atoms with Crippen molar-refractivity contribution in [3.05, 3.63) is 148 Å². The van der Waals surface area contributed by atoms with Crippen molar-refractivity contribution in [2.75, 3.05) is 0 Å². The predicted molar refractivity (Wildman–Crippen MR) is 207 cm³/mol. The number of hydrogen-bond donors (Lipinski definition) is 0.